The van der Waals surface area contributed by atoms with Gasteiger partial charge in [0.1, 0.15) is 12.2 Å². The highest BCUT2D eigenvalue weighted by molar-refractivity contribution is 5.96. The van der Waals surface area contributed by atoms with Gasteiger partial charge in [-0.25, -0.2) is 4.79 Å². The summed E-state index contributed by atoms with van der Waals surface area (Å²) in [5, 5.41) is 0. The molecule has 1 aliphatic heterocycles. The lowest BCUT2D eigenvalue weighted by molar-refractivity contribution is -0.146. The van der Waals surface area contributed by atoms with Crippen LogP contribution in [0.5, 0.6) is 0 Å². The molecule has 2 rings (SSSR count). The van der Waals surface area contributed by atoms with E-state index >= 15 is 0 Å². The molecule has 1 heterocycles. The number of carbonyl (C=O) groups is 3. The molecule has 0 aromatic heterocycles. The van der Waals surface area contributed by atoms with Gasteiger partial charge in [0.2, 0.25) is 0 Å². The monoisotopic (exact) mass is 361 g/mol. The summed E-state index contributed by atoms with van der Waals surface area (Å²) < 4.78 is 9.76. The number of nitrogens with zero attached hydrogens (tertiary/aromatic N) is 1. The third kappa shape index (κ3) is 5.58. The van der Waals surface area contributed by atoms with Crippen LogP contribution in [0.3, 0.4) is 0 Å². The number of hydrogen-bond acceptors (Lipinski definition) is 5. The zero-order chi connectivity index (χ0) is 18.9. The van der Waals surface area contributed by atoms with Crippen molar-refractivity contribution in [1.82, 2.24) is 4.90 Å². The predicted molar refractivity (Wildman–Crippen MR) is 96.6 cm³/mol. The summed E-state index contributed by atoms with van der Waals surface area (Å²) in [5.74, 6) is -0.799. The molecule has 142 valence electrons. The summed E-state index contributed by atoms with van der Waals surface area (Å²) in [6.07, 6.45) is 2.12. The fourth-order valence-electron chi connectivity index (χ4n) is 3.45. The normalized spacial score (nSPS) is 19.7. The second-order valence-corrected chi connectivity index (χ2v) is 6.51. The fourth-order valence-corrected chi connectivity index (χ4v) is 3.45. The van der Waals surface area contributed by atoms with Gasteiger partial charge in [0, 0.05) is 18.5 Å². The summed E-state index contributed by atoms with van der Waals surface area (Å²) >= 11 is 0. The maximum absolute atomic E-state index is 12.4. The molecule has 2 atom stereocenters. The number of esters is 1. The van der Waals surface area contributed by atoms with Gasteiger partial charge in [-0.15, -0.1) is 0 Å². The summed E-state index contributed by atoms with van der Waals surface area (Å²) in [5.41, 5.74) is 1.19. The van der Waals surface area contributed by atoms with Crippen LogP contribution in [0.4, 0.5) is 4.79 Å². The minimum atomic E-state index is -0.478. The van der Waals surface area contributed by atoms with Crippen molar-refractivity contribution in [2.45, 2.75) is 45.1 Å². The highest BCUT2D eigenvalue weighted by Crippen LogP contribution is 2.28. The van der Waals surface area contributed by atoms with Crippen molar-refractivity contribution in [1.29, 1.82) is 0 Å². The minimum Gasteiger partial charge on any atom is -0.466 e. The maximum Gasteiger partial charge on any atom is 0.409 e. The van der Waals surface area contributed by atoms with Crippen LogP contribution < -0.4 is 0 Å². The number of amides is 1. The second kappa shape index (κ2) is 9.94. The Labute approximate surface area is 154 Å². The number of aryl methyl sites for hydroxylation is 1. The van der Waals surface area contributed by atoms with E-state index in [0.29, 0.717) is 19.4 Å². The number of methoxy groups -OCH3 is 1. The Kier molecular flexibility index (Phi) is 7.63. The molecular formula is C20H27NO5. The van der Waals surface area contributed by atoms with Gasteiger partial charge in [0.05, 0.1) is 13.7 Å². The molecule has 0 N–H and O–H groups in total. The molecule has 0 aliphatic carbocycles. The van der Waals surface area contributed by atoms with E-state index in [4.69, 9.17) is 9.47 Å². The summed E-state index contributed by atoms with van der Waals surface area (Å²) in [6, 6.07) is 9.96. The van der Waals surface area contributed by atoms with Gasteiger partial charge < -0.3 is 14.4 Å². The maximum atomic E-state index is 12.4. The average molecular weight is 361 g/mol. The fraction of sp³-hybridized carbons (Fsp3) is 0.550. The first-order valence-electron chi connectivity index (χ1n) is 9.12. The van der Waals surface area contributed by atoms with E-state index in [-0.39, 0.29) is 36.9 Å². The molecule has 6 nitrogen and oxygen atoms in total. The third-order valence-electron chi connectivity index (χ3n) is 4.81. The van der Waals surface area contributed by atoms with Gasteiger partial charge in [0.15, 0.2) is 0 Å². The van der Waals surface area contributed by atoms with E-state index in [1.807, 2.05) is 18.2 Å². The molecular weight excluding hydrogens is 334 g/mol. The topological polar surface area (TPSA) is 72.9 Å². The Morgan fingerprint density at radius 2 is 1.92 bits per heavy atom. The summed E-state index contributed by atoms with van der Waals surface area (Å²) in [7, 11) is 1.37. The SMILES string of the molecule is CCOC(=O)CC(=O)C1CCN(C(=O)OC)C(CCc2ccccc2)C1. The lowest BCUT2D eigenvalue weighted by Gasteiger charge is -2.38. The number of benzene rings is 1. The van der Waals surface area contributed by atoms with E-state index in [9.17, 15) is 14.4 Å². The molecule has 26 heavy (non-hydrogen) atoms. The van der Waals surface area contributed by atoms with Crippen molar-refractivity contribution in [3.8, 4) is 0 Å². The van der Waals surface area contributed by atoms with Gasteiger partial charge in [0.25, 0.3) is 0 Å². The predicted octanol–water partition coefficient (Wildman–Crippen LogP) is 2.99. The quantitative estimate of drug-likeness (QED) is 0.551. The lowest BCUT2D eigenvalue weighted by Crippen LogP contribution is -2.47. The Balaban J connectivity index is 2.00. The number of carbonyl (C=O) groups excluding carboxylic acids is 3. The van der Waals surface area contributed by atoms with Gasteiger partial charge in [-0.1, -0.05) is 30.3 Å². The largest absolute Gasteiger partial charge is 0.466 e. The molecule has 1 amide bonds. The van der Waals surface area contributed by atoms with E-state index in [2.05, 4.69) is 12.1 Å². The van der Waals surface area contributed by atoms with Gasteiger partial charge in [-0.05, 0) is 38.2 Å². The number of hydrogen-bond donors (Lipinski definition) is 0. The number of piperidine rings is 1. The van der Waals surface area contributed by atoms with Crippen LogP contribution in [0.15, 0.2) is 30.3 Å². The van der Waals surface area contributed by atoms with E-state index in [0.717, 1.165) is 12.8 Å². The van der Waals surface area contributed by atoms with Gasteiger partial charge in [-0.3, -0.25) is 9.59 Å². The Morgan fingerprint density at radius 1 is 1.19 bits per heavy atom. The number of rotatable bonds is 7. The molecule has 0 bridgehead atoms. The molecule has 0 radical (unpaired) electrons. The Morgan fingerprint density at radius 3 is 2.58 bits per heavy atom. The van der Waals surface area contributed by atoms with E-state index in [1.54, 1.807) is 11.8 Å². The van der Waals surface area contributed by atoms with Gasteiger partial charge in [-0.2, -0.15) is 0 Å². The molecule has 1 fully saturated rings. The van der Waals surface area contributed by atoms with Gasteiger partial charge >= 0.3 is 12.1 Å². The van der Waals surface area contributed by atoms with Crippen LogP contribution in [-0.2, 0) is 25.5 Å². The zero-order valence-electron chi connectivity index (χ0n) is 15.5. The van der Waals surface area contributed by atoms with Crippen LogP contribution >= 0.6 is 0 Å². The number of Topliss-reactive ketones (excluding diaryl/α,β-unsaturated/α-hetero) is 1. The molecule has 1 aromatic rings. The van der Waals surface area contributed by atoms with Crippen molar-refractivity contribution >= 4 is 17.8 Å². The molecule has 0 spiro atoms. The first-order chi connectivity index (χ1) is 12.5. The van der Waals surface area contributed by atoms with Crippen LogP contribution in [-0.4, -0.2) is 49.0 Å². The van der Waals surface area contributed by atoms with Crippen molar-refractivity contribution in [2.24, 2.45) is 5.92 Å². The second-order valence-electron chi connectivity index (χ2n) is 6.51. The first kappa shape index (κ1) is 19.9. The molecule has 1 aromatic carbocycles. The smallest absolute Gasteiger partial charge is 0.409 e. The lowest BCUT2D eigenvalue weighted by atomic mass is 9.84. The van der Waals surface area contributed by atoms with Crippen molar-refractivity contribution in [3.05, 3.63) is 35.9 Å². The van der Waals surface area contributed by atoms with E-state index < -0.39 is 5.97 Å². The number of ether oxygens (including phenoxy) is 2. The molecule has 0 saturated carbocycles. The number of ketones is 1. The molecule has 2 unspecified atom stereocenters. The number of likely N-dealkylation sites (tertiary alicyclic amines) is 1. The molecule has 1 aliphatic rings. The minimum absolute atomic E-state index is 0.0763. The average Bonchev–Trinajstić information content (AvgIpc) is 2.66. The van der Waals surface area contributed by atoms with Crippen LogP contribution in [0.1, 0.15) is 38.2 Å². The van der Waals surface area contributed by atoms with Crippen LogP contribution in [0.25, 0.3) is 0 Å². The van der Waals surface area contributed by atoms with Crippen molar-refractivity contribution in [2.75, 3.05) is 20.3 Å². The highest BCUT2D eigenvalue weighted by Gasteiger charge is 2.35. The Bertz CT molecular complexity index is 616. The summed E-state index contributed by atoms with van der Waals surface area (Å²) in [6.45, 7) is 2.45. The zero-order valence-corrected chi connectivity index (χ0v) is 15.5. The highest BCUT2D eigenvalue weighted by atomic mass is 16.5. The van der Waals surface area contributed by atoms with E-state index in [1.165, 1.54) is 12.7 Å². The van der Waals surface area contributed by atoms with Crippen LogP contribution in [0.2, 0.25) is 0 Å². The van der Waals surface area contributed by atoms with Crippen LogP contribution in [0, 0.1) is 5.92 Å². The molecule has 1 saturated heterocycles. The van der Waals surface area contributed by atoms with Crippen molar-refractivity contribution in [3.63, 3.8) is 0 Å². The summed E-state index contributed by atoms with van der Waals surface area (Å²) in [4.78, 5) is 37.8. The first-order valence-corrected chi connectivity index (χ1v) is 9.12. The Hall–Kier alpha value is -2.37. The standard InChI is InChI=1S/C20H27NO5/c1-3-26-19(23)14-18(22)16-11-12-21(20(24)25-2)17(13-16)10-9-15-7-5-4-6-8-15/h4-8,16-17H,3,9-14H2,1-2H3. The third-order valence-corrected chi connectivity index (χ3v) is 4.81. The molecule has 6 heteroatoms. The van der Waals surface area contributed by atoms with Crippen molar-refractivity contribution < 1.29 is 23.9 Å².